The van der Waals surface area contributed by atoms with E-state index in [9.17, 15) is 4.79 Å². The first-order chi connectivity index (χ1) is 8.40. The van der Waals surface area contributed by atoms with Crippen LogP contribution >= 0.6 is 11.3 Å². The zero-order chi connectivity index (χ0) is 13.4. The largest absolute Gasteiger partial charge is 0.459 e. The lowest BCUT2D eigenvalue weighted by molar-refractivity contribution is -0.351. The number of thiophene rings is 1. The molecule has 96 valence electrons. The molecule has 0 aromatic carbocycles. The van der Waals surface area contributed by atoms with Crippen LogP contribution in [0.5, 0.6) is 0 Å². The maximum Gasteiger partial charge on any atom is 0.350 e. The van der Waals surface area contributed by atoms with Crippen LogP contribution in [0.4, 0.5) is 5.69 Å². The van der Waals surface area contributed by atoms with Crippen LogP contribution < -0.4 is 10.7 Å². The SMILES string of the molecule is Cc1cc(C)c2c(N)c(C(=O)OC(C)C)sc2[nH+]1. The van der Waals surface area contributed by atoms with Crippen LogP contribution in [0, 0.1) is 13.8 Å². The Hall–Kier alpha value is -1.62. The Kier molecular flexibility index (Phi) is 3.26. The summed E-state index contributed by atoms with van der Waals surface area (Å²) in [7, 11) is 0. The first-order valence-electron chi connectivity index (χ1n) is 5.82. The standard InChI is InChI=1S/C13H16N2O2S/c1-6(2)17-13(16)11-10(14)9-7(3)5-8(4)15-12(9)18-11/h5-6H,14H2,1-4H3/p+1. The van der Waals surface area contributed by atoms with Gasteiger partial charge >= 0.3 is 5.97 Å². The van der Waals surface area contributed by atoms with E-state index < -0.39 is 0 Å². The second-order valence-corrected chi connectivity index (χ2v) is 5.66. The van der Waals surface area contributed by atoms with Crippen molar-refractivity contribution in [3.8, 4) is 0 Å². The molecule has 2 aromatic rings. The molecular weight excluding hydrogens is 248 g/mol. The average Bonchev–Trinajstić information content (AvgIpc) is 2.54. The Bertz CT molecular complexity index is 617. The van der Waals surface area contributed by atoms with Gasteiger partial charge in [-0.1, -0.05) is 11.3 Å². The van der Waals surface area contributed by atoms with Gasteiger partial charge < -0.3 is 10.5 Å². The van der Waals surface area contributed by atoms with Gasteiger partial charge in [0.2, 0.25) is 0 Å². The number of nitrogens with two attached hydrogens (primary N) is 1. The van der Waals surface area contributed by atoms with Crippen LogP contribution in [-0.4, -0.2) is 12.1 Å². The van der Waals surface area contributed by atoms with Gasteiger partial charge in [-0.05, 0) is 26.3 Å². The molecule has 4 nitrogen and oxygen atoms in total. The minimum atomic E-state index is -0.353. The van der Waals surface area contributed by atoms with Gasteiger partial charge in [-0.2, -0.15) is 4.98 Å². The van der Waals surface area contributed by atoms with Crippen molar-refractivity contribution >= 4 is 33.2 Å². The quantitative estimate of drug-likeness (QED) is 0.848. The molecule has 0 spiro atoms. The molecule has 2 rings (SSSR count). The topological polar surface area (TPSA) is 66.5 Å². The molecule has 0 radical (unpaired) electrons. The number of nitrogen functional groups attached to an aromatic ring is 1. The second-order valence-electron chi connectivity index (χ2n) is 4.64. The maximum absolute atomic E-state index is 11.9. The smallest absolute Gasteiger partial charge is 0.350 e. The lowest BCUT2D eigenvalue weighted by atomic mass is 10.1. The fourth-order valence-electron chi connectivity index (χ4n) is 1.95. The molecule has 0 bridgehead atoms. The van der Waals surface area contributed by atoms with Crippen LogP contribution in [0.15, 0.2) is 6.07 Å². The van der Waals surface area contributed by atoms with E-state index in [2.05, 4.69) is 4.98 Å². The summed E-state index contributed by atoms with van der Waals surface area (Å²) in [6.07, 6.45) is -0.145. The minimum absolute atomic E-state index is 0.145. The number of aryl methyl sites for hydroxylation is 2. The summed E-state index contributed by atoms with van der Waals surface area (Å²) >= 11 is 1.35. The first-order valence-corrected chi connectivity index (χ1v) is 6.64. The molecule has 0 fully saturated rings. The molecule has 0 unspecified atom stereocenters. The number of hydrogen-bond donors (Lipinski definition) is 1. The van der Waals surface area contributed by atoms with Gasteiger partial charge in [0.25, 0.3) is 4.83 Å². The first kappa shape index (κ1) is 12.8. The van der Waals surface area contributed by atoms with Gasteiger partial charge in [0.1, 0.15) is 4.88 Å². The molecule has 0 saturated heterocycles. The van der Waals surface area contributed by atoms with Gasteiger partial charge in [0, 0.05) is 13.0 Å². The van der Waals surface area contributed by atoms with Crippen LogP contribution in [0.2, 0.25) is 0 Å². The highest BCUT2D eigenvalue weighted by molar-refractivity contribution is 7.20. The Morgan fingerprint density at radius 2 is 2.11 bits per heavy atom. The number of carbonyl (C=O) groups is 1. The van der Waals surface area contributed by atoms with Crippen LogP contribution in [0.25, 0.3) is 10.2 Å². The highest BCUT2D eigenvalue weighted by atomic mass is 32.1. The van der Waals surface area contributed by atoms with Crippen molar-refractivity contribution in [2.24, 2.45) is 0 Å². The van der Waals surface area contributed by atoms with E-state index in [4.69, 9.17) is 10.5 Å². The molecule has 0 saturated carbocycles. The van der Waals surface area contributed by atoms with Crippen molar-refractivity contribution in [1.82, 2.24) is 0 Å². The second kappa shape index (κ2) is 4.57. The molecule has 2 heterocycles. The van der Waals surface area contributed by atoms with E-state index in [1.54, 1.807) is 0 Å². The molecule has 0 atom stereocenters. The highest BCUT2D eigenvalue weighted by Gasteiger charge is 2.23. The average molecular weight is 265 g/mol. The van der Waals surface area contributed by atoms with Crippen molar-refractivity contribution < 1.29 is 14.5 Å². The number of carbonyl (C=O) groups excluding carboxylic acids is 1. The van der Waals surface area contributed by atoms with E-state index in [1.165, 1.54) is 11.3 Å². The Labute approximate surface area is 110 Å². The van der Waals surface area contributed by atoms with Crippen molar-refractivity contribution in [2.75, 3.05) is 5.73 Å². The summed E-state index contributed by atoms with van der Waals surface area (Å²) in [5, 5.41) is 0.918. The highest BCUT2D eigenvalue weighted by Crippen LogP contribution is 2.33. The summed E-state index contributed by atoms with van der Waals surface area (Å²) in [5.74, 6) is -0.353. The summed E-state index contributed by atoms with van der Waals surface area (Å²) in [6, 6.07) is 2.02. The van der Waals surface area contributed by atoms with Crippen LogP contribution in [-0.2, 0) is 4.74 Å². The fraction of sp³-hybridized carbons (Fsp3) is 0.385. The summed E-state index contributed by atoms with van der Waals surface area (Å²) < 4.78 is 5.19. The van der Waals surface area contributed by atoms with E-state index in [1.807, 2.05) is 33.8 Å². The van der Waals surface area contributed by atoms with Gasteiger partial charge in [0.15, 0.2) is 5.69 Å². The molecular formula is C13H17N2O2S+. The summed E-state index contributed by atoms with van der Waals surface area (Å²) in [4.78, 5) is 16.6. The zero-order valence-corrected chi connectivity index (χ0v) is 11.8. The molecule has 0 aliphatic carbocycles. The number of esters is 1. The molecule has 18 heavy (non-hydrogen) atoms. The van der Waals surface area contributed by atoms with Crippen LogP contribution in [0.3, 0.4) is 0 Å². The van der Waals surface area contributed by atoms with Gasteiger partial charge in [-0.3, -0.25) is 0 Å². The number of pyridine rings is 1. The lowest BCUT2D eigenvalue weighted by Gasteiger charge is -2.06. The Balaban J connectivity index is 2.57. The third-order valence-electron chi connectivity index (χ3n) is 2.61. The van der Waals surface area contributed by atoms with Crippen molar-refractivity contribution in [1.29, 1.82) is 0 Å². The number of anilines is 1. The third-order valence-corrected chi connectivity index (χ3v) is 3.71. The number of aromatic amines is 1. The van der Waals surface area contributed by atoms with Crippen LogP contribution in [0.1, 0.15) is 34.8 Å². The minimum Gasteiger partial charge on any atom is -0.459 e. The number of fused-ring (bicyclic) bond motifs is 1. The number of aromatic nitrogens is 1. The molecule has 3 N–H and O–H groups in total. The number of nitrogens with one attached hydrogen (secondary N) is 1. The molecule has 0 amide bonds. The predicted molar refractivity (Wildman–Crippen MR) is 72.8 cm³/mol. The number of hydrogen-bond acceptors (Lipinski definition) is 4. The summed E-state index contributed by atoms with van der Waals surface area (Å²) in [5.41, 5.74) is 8.68. The van der Waals surface area contributed by atoms with Gasteiger partial charge in [-0.25, -0.2) is 4.79 Å². The van der Waals surface area contributed by atoms with Crippen molar-refractivity contribution in [2.45, 2.75) is 33.8 Å². The molecule has 0 aliphatic heterocycles. The lowest BCUT2D eigenvalue weighted by Crippen LogP contribution is -2.11. The van der Waals surface area contributed by atoms with Crippen molar-refractivity contribution in [3.05, 3.63) is 22.2 Å². The summed E-state index contributed by atoms with van der Waals surface area (Å²) in [6.45, 7) is 7.62. The fourth-order valence-corrected chi connectivity index (χ4v) is 3.09. The monoisotopic (exact) mass is 265 g/mol. The normalized spacial score (nSPS) is 11.2. The van der Waals surface area contributed by atoms with E-state index in [-0.39, 0.29) is 12.1 Å². The Morgan fingerprint density at radius 3 is 2.72 bits per heavy atom. The van der Waals surface area contributed by atoms with Gasteiger partial charge in [-0.15, -0.1) is 0 Å². The Morgan fingerprint density at radius 1 is 1.44 bits per heavy atom. The molecule has 2 aromatic heterocycles. The van der Waals surface area contributed by atoms with Crippen molar-refractivity contribution in [3.63, 3.8) is 0 Å². The predicted octanol–water partition coefficient (Wildman–Crippen LogP) is 2.48. The third kappa shape index (κ3) is 2.18. The molecule has 5 heteroatoms. The van der Waals surface area contributed by atoms with Gasteiger partial charge in [0.05, 0.1) is 17.2 Å². The number of rotatable bonds is 2. The number of H-pyrrole nitrogens is 1. The van der Waals surface area contributed by atoms with E-state index >= 15 is 0 Å². The maximum atomic E-state index is 11.9. The number of ether oxygens (including phenoxy) is 1. The van der Waals surface area contributed by atoms with E-state index in [0.717, 1.165) is 21.5 Å². The molecule has 0 aliphatic rings. The zero-order valence-electron chi connectivity index (χ0n) is 11.0. The van der Waals surface area contributed by atoms with E-state index in [0.29, 0.717) is 10.6 Å².